The molecule has 0 spiro atoms. The van der Waals surface area contributed by atoms with Gasteiger partial charge < -0.3 is 0 Å². The zero-order valence-corrected chi connectivity index (χ0v) is 28.4. The summed E-state index contributed by atoms with van der Waals surface area (Å²) >= 11 is 0. The van der Waals surface area contributed by atoms with Crippen LogP contribution in [0.5, 0.6) is 0 Å². The largest absolute Gasteiger partial charge is 0.208 e. The van der Waals surface area contributed by atoms with E-state index in [1.54, 1.807) is 0 Å². The first-order valence-electron chi connectivity index (χ1n) is 17.5. The minimum atomic E-state index is -0.166. The SMILES string of the molecule is CC1(C)c2c(ccc3cc(-c4cccc(-c5nc(-c6ccccc6)nc(-c6ccccc6)n5)c4)ccc23)-c2c1c1ccccc1c1ccccc21. The molecule has 0 atom stereocenters. The van der Waals surface area contributed by atoms with Gasteiger partial charge in [0.1, 0.15) is 0 Å². The number of nitrogens with zero attached hydrogens (tertiary/aromatic N) is 3. The molecule has 1 aromatic heterocycles. The summed E-state index contributed by atoms with van der Waals surface area (Å²) in [5.74, 6) is 1.98. The Kier molecular flexibility index (Phi) is 6.53. The van der Waals surface area contributed by atoms with Gasteiger partial charge in [-0.25, -0.2) is 15.0 Å². The molecule has 1 heterocycles. The summed E-state index contributed by atoms with van der Waals surface area (Å²) in [5.41, 5.74) is 10.6. The van der Waals surface area contributed by atoms with E-state index < -0.39 is 0 Å². The van der Waals surface area contributed by atoms with Crippen LogP contribution in [-0.4, -0.2) is 15.0 Å². The highest BCUT2D eigenvalue weighted by molar-refractivity contribution is 6.19. The Labute approximate surface area is 297 Å². The Bertz CT molecular complexity index is 2760. The molecule has 3 heteroatoms. The summed E-state index contributed by atoms with van der Waals surface area (Å²) in [6, 6.07) is 58.2. The molecule has 3 nitrogen and oxygen atoms in total. The third-order valence-electron chi connectivity index (χ3n) is 10.6. The van der Waals surface area contributed by atoms with E-state index in [0.29, 0.717) is 17.5 Å². The Balaban J connectivity index is 1.10. The van der Waals surface area contributed by atoms with Crippen LogP contribution in [0.15, 0.2) is 164 Å². The third kappa shape index (κ3) is 4.62. The molecule has 8 aromatic carbocycles. The molecule has 1 aliphatic carbocycles. The van der Waals surface area contributed by atoms with Crippen molar-refractivity contribution in [3.63, 3.8) is 0 Å². The van der Waals surface area contributed by atoms with Gasteiger partial charge in [-0.05, 0) is 77.8 Å². The number of rotatable bonds is 4. The standard InChI is InChI=1S/C48H33N3/c1-48(2)43-36-26-24-33(28-34(36)25-27-41(43)42-39-22-11-9-20-37(39)38-21-10-12-23-40(38)44(42)48)32-18-13-19-35(29-32)47-50-45(30-14-5-3-6-15-30)49-46(51-47)31-16-7-4-8-17-31/h3-29H,1-2H3. The van der Waals surface area contributed by atoms with Crippen LogP contribution in [-0.2, 0) is 5.41 Å². The molecule has 1 aliphatic rings. The average molecular weight is 652 g/mol. The Morgan fingerprint density at radius 1 is 0.353 bits per heavy atom. The van der Waals surface area contributed by atoms with Crippen molar-refractivity contribution >= 4 is 32.3 Å². The van der Waals surface area contributed by atoms with Crippen molar-refractivity contribution in [3.05, 3.63) is 175 Å². The molecule has 0 N–H and O–H groups in total. The monoisotopic (exact) mass is 651 g/mol. The van der Waals surface area contributed by atoms with Crippen LogP contribution in [0.2, 0.25) is 0 Å². The van der Waals surface area contributed by atoms with E-state index in [4.69, 9.17) is 15.0 Å². The van der Waals surface area contributed by atoms with E-state index in [0.717, 1.165) is 27.8 Å². The van der Waals surface area contributed by atoms with E-state index in [-0.39, 0.29) is 5.41 Å². The summed E-state index contributed by atoms with van der Waals surface area (Å²) in [6.07, 6.45) is 0. The van der Waals surface area contributed by atoms with Crippen molar-refractivity contribution in [3.8, 4) is 56.4 Å². The maximum atomic E-state index is 4.98. The normalized spacial score (nSPS) is 13.1. The van der Waals surface area contributed by atoms with Gasteiger partial charge in [-0.3, -0.25) is 0 Å². The predicted molar refractivity (Wildman–Crippen MR) is 212 cm³/mol. The highest BCUT2D eigenvalue weighted by atomic mass is 15.0. The van der Waals surface area contributed by atoms with Gasteiger partial charge in [-0.2, -0.15) is 0 Å². The van der Waals surface area contributed by atoms with E-state index in [2.05, 4.69) is 117 Å². The fourth-order valence-electron chi connectivity index (χ4n) is 8.36. The summed E-state index contributed by atoms with van der Waals surface area (Å²) in [7, 11) is 0. The van der Waals surface area contributed by atoms with E-state index in [1.165, 1.54) is 54.6 Å². The molecule has 0 bridgehead atoms. The topological polar surface area (TPSA) is 38.7 Å². The highest BCUT2D eigenvalue weighted by Crippen LogP contribution is 2.56. The van der Waals surface area contributed by atoms with Crippen LogP contribution in [0.3, 0.4) is 0 Å². The van der Waals surface area contributed by atoms with Gasteiger partial charge in [-0.15, -0.1) is 0 Å². The van der Waals surface area contributed by atoms with Crippen LogP contribution in [0.1, 0.15) is 25.0 Å². The second kappa shape index (κ2) is 11.3. The van der Waals surface area contributed by atoms with Crippen LogP contribution in [0.25, 0.3) is 88.7 Å². The van der Waals surface area contributed by atoms with E-state index in [1.807, 2.05) is 60.7 Å². The molecule has 0 aliphatic heterocycles. The summed E-state index contributed by atoms with van der Waals surface area (Å²) in [4.78, 5) is 14.8. The first-order chi connectivity index (χ1) is 25.0. The Morgan fingerprint density at radius 3 is 1.53 bits per heavy atom. The molecule has 0 saturated carbocycles. The molecule has 0 unspecified atom stereocenters. The van der Waals surface area contributed by atoms with Gasteiger partial charge >= 0.3 is 0 Å². The zero-order chi connectivity index (χ0) is 34.1. The van der Waals surface area contributed by atoms with Gasteiger partial charge in [0.05, 0.1) is 0 Å². The maximum Gasteiger partial charge on any atom is 0.164 e. The summed E-state index contributed by atoms with van der Waals surface area (Å²) in [6.45, 7) is 4.80. The van der Waals surface area contributed by atoms with Gasteiger partial charge in [0, 0.05) is 22.1 Å². The summed E-state index contributed by atoms with van der Waals surface area (Å²) in [5, 5.41) is 7.86. The Hall–Kier alpha value is -6.45. The highest BCUT2D eigenvalue weighted by Gasteiger charge is 2.39. The molecular formula is C48H33N3. The minimum Gasteiger partial charge on any atom is -0.208 e. The maximum absolute atomic E-state index is 4.98. The molecule has 51 heavy (non-hydrogen) atoms. The van der Waals surface area contributed by atoms with Crippen molar-refractivity contribution in [1.29, 1.82) is 0 Å². The number of hydrogen-bond acceptors (Lipinski definition) is 3. The Morgan fingerprint density at radius 2 is 0.863 bits per heavy atom. The smallest absolute Gasteiger partial charge is 0.164 e. The van der Waals surface area contributed by atoms with Crippen molar-refractivity contribution in [1.82, 2.24) is 15.0 Å². The second-order valence-electron chi connectivity index (χ2n) is 14.0. The van der Waals surface area contributed by atoms with Crippen molar-refractivity contribution < 1.29 is 0 Å². The third-order valence-corrected chi connectivity index (χ3v) is 10.6. The van der Waals surface area contributed by atoms with Gasteiger partial charge in [0.2, 0.25) is 0 Å². The number of benzene rings is 8. The molecule has 10 rings (SSSR count). The number of hydrogen-bond donors (Lipinski definition) is 0. The zero-order valence-electron chi connectivity index (χ0n) is 28.4. The first kappa shape index (κ1) is 29.5. The fourth-order valence-corrected chi connectivity index (χ4v) is 8.36. The van der Waals surface area contributed by atoms with Crippen molar-refractivity contribution in [2.45, 2.75) is 19.3 Å². The molecule has 0 saturated heterocycles. The fraction of sp³-hybridized carbons (Fsp3) is 0.0625. The second-order valence-corrected chi connectivity index (χ2v) is 14.0. The number of aromatic nitrogens is 3. The predicted octanol–water partition coefficient (Wildman–Crippen LogP) is 12.3. The molecule has 9 aromatic rings. The molecular weight excluding hydrogens is 619 g/mol. The van der Waals surface area contributed by atoms with E-state index in [9.17, 15) is 0 Å². The molecule has 0 amide bonds. The van der Waals surface area contributed by atoms with Crippen molar-refractivity contribution in [2.75, 3.05) is 0 Å². The molecule has 0 radical (unpaired) electrons. The van der Waals surface area contributed by atoms with Crippen molar-refractivity contribution in [2.24, 2.45) is 0 Å². The van der Waals surface area contributed by atoms with Crippen LogP contribution < -0.4 is 0 Å². The van der Waals surface area contributed by atoms with Gasteiger partial charge in [0.25, 0.3) is 0 Å². The van der Waals surface area contributed by atoms with E-state index >= 15 is 0 Å². The first-order valence-corrected chi connectivity index (χ1v) is 17.5. The lowest BCUT2D eigenvalue weighted by molar-refractivity contribution is 0.672. The van der Waals surface area contributed by atoms with Crippen LogP contribution in [0.4, 0.5) is 0 Å². The molecule has 240 valence electrons. The van der Waals surface area contributed by atoms with Crippen LogP contribution >= 0.6 is 0 Å². The molecule has 0 fully saturated rings. The van der Waals surface area contributed by atoms with Gasteiger partial charge in [-0.1, -0.05) is 166 Å². The van der Waals surface area contributed by atoms with Gasteiger partial charge in [0.15, 0.2) is 17.5 Å². The lowest BCUT2D eigenvalue weighted by atomic mass is 9.77. The average Bonchev–Trinajstić information content (AvgIpc) is 3.45. The minimum absolute atomic E-state index is 0.166. The number of fused-ring (bicyclic) bond motifs is 10. The summed E-state index contributed by atoms with van der Waals surface area (Å²) < 4.78 is 0. The quantitative estimate of drug-likeness (QED) is 0.178. The van der Waals surface area contributed by atoms with Crippen LogP contribution in [0, 0.1) is 0 Å². The lowest BCUT2D eigenvalue weighted by Gasteiger charge is -2.25. The lowest BCUT2D eigenvalue weighted by Crippen LogP contribution is -2.16.